The summed E-state index contributed by atoms with van der Waals surface area (Å²) in [5, 5.41) is 3.32. The van der Waals surface area contributed by atoms with Crippen molar-refractivity contribution in [1.29, 1.82) is 0 Å². The second-order valence-electron chi connectivity index (χ2n) is 8.60. The summed E-state index contributed by atoms with van der Waals surface area (Å²) in [6.45, 7) is 12.4. The lowest BCUT2D eigenvalue weighted by molar-refractivity contribution is 0.136. The fourth-order valence-electron chi connectivity index (χ4n) is 4.71. The first-order chi connectivity index (χ1) is 10.2. The van der Waals surface area contributed by atoms with Crippen molar-refractivity contribution in [3.63, 3.8) is 0 Å². The predicted octanol–water partition coefficient (Wildman–Crippen LogP) is 3.28. The van der Waals surface area contributed by atoms with Crippen molar-refractivity contribution in [2.75, 3.05) is 22.5 Å². The molecule has 3 rings (SSSR count). The molecule has 0 amide bonds. The summed E-state index contributed by atoms with van der Waals surface area (Å²) < 4.78 is 0. The molecule has 2 unspecified atom stereocenters. The summed E-state index contributed by atoms with van der Waals surface area (Å²) >= 11 is 0. The summed E-state index contributed by atoms with van der Waals surface area (Å²) in [5.74, 6) is 1.66. The number of nitrogen functional groups attached to an aromatic ring is 1. The lowest BCUT2D eigenvalue weighted by atomic mass is 9.65. The molecule has 22 heavy (non-hydrogen) atoms. The third-order valence-corrected chi connectivity index (χ3v) is 4.98. The van der Waals surface area contributed by atoms with Crippen molar-refractivity contribution < 1.29 is 0 Å². The molecule has 1 saturated heterocycles. The predicted molar refractivity (Wildman–Crippen MR) is 92.1 cm³/mol. The smallest absolute Gasteiger partial charge is 0.157 e. The maximum atomic E-state index is 6.38. The van der Waals surface area contributed by atoms with Crippen LogP contribution < -0.4 is 16.0 Å². The molecule has 122 valence electrons. The van der Waals surface area contributed by atoms with E-state index in [-0.39, 0.29) is 0 Å². The third-order valence-electron chi connectivity index (χ3n) is 4.98. The summed E-state index contributed by atoms with van der Waals surface area (Å²) in [6, 6.07) is 0.845. The van der Waals surface area contributed by atoms with Crippen LogP contribution in [0.1, 0.15) is 53.9 Å². The SMILES string of the molecule is CC(C)Nc1ncnc(N2CC3(C)CC2CC(C)(C)C3)c1N. The van der Waals surface area contributed by atoms with Crippen LogP contribution in [0.15, 0.2) is 6.33 Å². The number of hydrogen-bond acceptors (Lipinski definition) is 5. The Kier molecular flexibility index (Phi) is 3.49. The van der Waals surface area contributed by atoms with Gasteiger partial charge in [0, 0.05) is 18.6 Å². The molecule has 0 spiro atoms. The Morgan fingerprint density at radius 2 is 2.00 bits per heavy atom. The Morgan fingerprint density at radius 1 is 1.27 bits per heavy atom. The molecule has 1 saturated carbocycles. The summed E-state index contributed by atoms with van der Waals surface area (Å²) in [4.78, 5) is 11.3. The number of nitrogens with zero attached hydrogens (tertiary/aromatic N) is 3. The molecule has 0 aromatic carbocycles. The van der Waals surface area contributed by atoms with Gasteiger partial charge in [-0.1, -0.05) is 20.8 Å². The van der Waals surface area contributed by atoms with Crippen LogP contribution in [-0.4, -0.2) is 28.6 Å². The van der Waals surface area contributed by atoms with E-state index in [9.17, 15) is 0 Å². The average molecular weight is 303 g/mol. The molecule has 1 aliphatic carbocycles. The van der Waals surface area contributed by atoms with Gasteiger partial charge in [-0.05, 0) is 43.9 Å². The fraction of sp³-hybridized carbons (Fsp3) is 0.765. The van der Waals surface area contributed by atoms with E-state index in [1.165, 1.54) is 19.3 Å². The number of hydrogen-bond donors (Lipinski definition) is 2. The standard InChI is InChI=1S/C17H29N5/c1-11(2)21-14-13(18)15(20-10-19-14)22-9-17(5)7-12(22)6-16(3,4)8-17/h10-12H,6-9,18H2,1-5H3,(H,19,20,21). The Balaban J connectivity index is 1.92. The van der Waals surface area contributed by atoms with E-state index in [1.54, 1.807) is 6.33 Å². The molecule has 5 nitrogen and oxygen atoms in total. The van der Waals surface area contributed by atoms with Gasteiger partial charge in [-0.2, -0.15) is 0 Å². The zero-order valence-electron chi connectivity index (χ0n) is 14.5. The summed E-state index contributed by atoms with van der Waals surface area (Å²) in [5.41, 5.74) is 7.83. The Labute approximate surface area is 133 Å². The zero-order chi connectivity index (χ0) is 16.1. The van der Waals surface area contributed by atoms with Crippen LogP contribution in [0, 0.1) is 10.8 Å². The number of nitrogens with two attached hydrogens (primary N) is 1. The van der Waals surface area contributed by atoms with Gasteiger partial charge in [-0.15, -0.1) is 0 Å². The van der Waals surface area contributed by atoms with Crippen LogP contribution in [0.2, 0.25) is 0 Å². The molecule has 2 fully saturated rings. The largest absolute Gasteiger partial charge is 0.393 e. The van der Waals surface area contributed by atoms with Crippen molar-refractivity contribution in [2.24, 2.45) is 10.8 Å². The number of rotatable bonds is 3. The van der Waals surface area contributed by atoms with E-state index in [0.29, 0.717) is 28.6 Å². The van der Waals surface area contributed by atoms with Crippen molar-refractivity contribution in [3.05, 3.63) is 6.33 Å². The highest BCUT2D eigenvalue weighted by molar-refractivity contribution is 5.75. The summed E-state index contributed by atoms with van der Waals surface area (Å²) in [7, 11) is 0. The molecular formula is C17H29N5. The van der Waals surface area contributed by atoms with Gasteiger partial charge in [0.2, 0.25) is 0 Å². The Bertz CT molecular complexity index is 568. The van der Waals surface area contributed by atoms with Gasteiger partial charge in [0.15, 0.2) is 11.6 Å². The van der Waals surface area contributed by atoms with E-state index in [4.69, 9.17) is 5.73 Å². The number of fused-ring (bicyclic) bond motifs is 2. The van der Waals surface area contributed by atoms with Crippen LogP contribution >= 0.6 is 0 Å². The molecule has 0 radical (unpaired) electrons. The first-order valence-corrected chi connectivity index (χ1v) is 8.33. The second-order valence-corrected chi connectivity index (χ2v) is 8.60. The van der Waals surface area contributed by atoms with Gasteiger partial charge in [-0.3, -0.25) is 0 Å². The van der Waals surface area contributed by atoms with E-state index < -0.39 is 0 Å². The van der Waals surface area contributed by atoms with Crippen molar-refractivity contribution in [2.45, 2.75) is 66.0 Å². The van der Waals surface area contributed by atoms with Gasteiger partial charge in [0.05, 0.1) is 0 Å². The minimum Gasteiger partial charge on any atom is -0.393 e. The number of anilines is 3. The second kappa shape index (κ2) is 5.00. The molecule has 2 bridgehead atoms. The van der Waals surface area contributed by atoms with Crippen LogP contribution in [0.25, 0.3) is 0 Å². The van der Waals surface area contributed by atoms with E-state index >= 15 is 0 Å². The van der Waals surface area contributed by atoms with Gasteiger partial charge < -0.3 is 16.0 Å². The molecule has 5 heteroatoms. The molecular weight excluding hydrogens is 274 g/mol. The van der Waals surface area contributed by atoms with Crippen LogP contribution in [0.3, 0.4) is 0 Å². The van der Waals surface area contributed by atoms with Crippen molar-refractivity contribution in [1.82, 2.24) is 9.97 Å². The van der Waals surface area contributed by atoms with Gasteiger partial charge in [0.25, 0.3) is 0 Å². The Morgan fingerprint density at radius 3 is 2.68 bits per heavy atom. The van der Waals surface area contributed by atoms with Gasteiger partial charge >= 0.3 is 0 Å². The van der Waals surface area contributed by atoms with Gasteiger partial charge in [0.1, 0.15) is 12.0 Å². The fourth-order valence-corrected chi connectivity index (χ4v) is 4.71. The topological polar surface area (TPSA) is 67.1 Å². The van der Waals surface area contributed by atoms with Crippen molar-refractivity contribution >= 4 is 17.3 Å². The van der Waals surface area contributed by atoms with E-state index in [1.807, 2.05) is 0 Å². The molecule has 1 aromatic heterocycles. The number of nitrogens with one attached hydrogen (secondary N) is 1. The maximum Gasteiger partial charge on any atom is 0.157 e. The zero-order valence-corrected chi connectivity index (χ0v) is 14.5. The summed E-state index contributed by atoms with van der Waals surface area (Å²) in [6.07, 6.45) is 5.35. The number of aromatic nitrogens is 2. The molecule has 1 aliphatic heterocycles. The maximum absolute atomic E-state index is 6.38. The minimum absolute atomic E-state index is 0.305. The third kappa shape index (κ3) is 2.73. The quantitative estimate of drug-likeness (QED) is 0.897. The van der Waals surface area contributed by atoms with Crippen LogP contribution in [-0.2, 0) is 0 Å². The minimum atomic E-state index is 0.305. The highest BCUT2D eigenvalue weighted by atomic mass is 15.3. The normalized spacial score (nSPS) is 29.9. The molecule has 2 atom stereocenters. The van der Waals surface area contributed by atoms with Crippen LogP contribution in [0.5, 0.6) is 0 Å². The monoisotopic (exact) mass is 303 g/mol. The lowest BCUT2D eigenvalue weighted by Crippen LogP contribution is -2.35. The van der Waals surface area contributed by atoms with Crippen LogP contribution in [0.4, 0.5) is 17.3 Å². The van der Waals surface area contributed by atoms with Gasteiger partial charge in [-0.25, -0.2) is 9.97 Å². The highest BCUT2D eigenvalue weighted by Crippen LogP contribution is 2.53. The first-order valence-electron chi connectivity index (χ1n) is 8.33. The molecule has 1 aromatic rings. The van der Waals surface area contributed by atoms with E-state index in [2.05, 4.69) is 54.8 Å². The molecule has 3 N–H and O–H groups in total. The molecule has 2 heterocycles. The highest BCUT2D eigenvalue weighted by Gasteiger charge is 2.50. The lowest BCUT2D eigenvalue weighted by Gasteiger charge is -2.39. The average Bonchev–Trinajstić information content (AvgIpc) is 2.60. The van der Waals surface area contributed by atoms with E-state index in [0.717, 1.165) is 18.2 Å². The molecule has 2 aliphatic rings. The van der Waals surface area contributed by atoms with Crippen molar-refractivity contribution in [3.8, 4) is 0 Å². The Hall–Kier alpha value is -1.52. The first kappa shape index (κ1) is 15.4.